The van der Waals surface area contributed by atoms with Crippen LogP contribution in [-0.4, -0.2) is 6.71 Å². The summed E-state index contributed by atoms with van der Waals surface area (Å²) in [5.74, 6) is 1.70. The maximum atomic E-state index is 6.98. The molecule has 0 N–H and O–H groups in total. The molecule has 0 saturated carbocycles. The SMILES string of the molecule is Cc1cc2c3c(c1)N(c1cc(N(c4ccc(C(C)(C)C)cc4)c4ccc(C(C)(C)C)cc4)c4c(c1)sc1ccccc14)c1ccc(C(C)(C)C)cc1B3c1oc3ccccc3c1O2. The second-order valence-electron chi connectivity index (χ2n) is 20.7. The highest BCUT2D eigenvalue weighted by molar-refractivity contribution is 7.26. The zero-order chi connectivity index (χ0) is 43.7. The van der Waals surface area contributed by atoms with Crippen LogP contribution in [0, 0.1) is 6.92 Å². The summed E-state index contributed by atoms with van der Waals surface area (Å²) in [6.07, 6.45) is 0. The molecular formula is C57H53BN2O2S. The first-order chi connectivity index (χ1) is 30.0. The molecule has 312 valence electrons. The molecule has 4 nitrogen and oxygen atoms in total. The number of ether oxygens (including phenoxy) is 1. The molecular weight excluding hydrogens is 788 g/mol. The van der Waals surface area contributed by atoms with Crippen molar-refractivity contribution < 1.29 is 9.15 Å². The first-order valence-electron chi connectivity index (χ1n) is 22.3. The fourth-order valence-electron chi connectivity index (χ4n) is 9.82. The Labute approximate surface area is 375 Å². The maximum Gasteiger partial charge on any atom is 0.301 e. The first-order valence-corrected chi connectivity index (χ1v) is 23.1. The molecule has 0 unspecified atom stereocenters. The molecule has 6 heteroatoms. The molecule has 0 bridgehead atoms. The van der Waals surface area contributed by atoms with Gasteiger partial charge < -0.3 is 19.0 Å². The van der Waals surface area contributed by atoms with E-state index in [1.807, 2.05) is 17.4 Å². The summed E-state index contributed by atoms with van der Waals surface area (Å²) in [6.45, 7) is 22.6. The average Bonchev–Trinajstić information content (AvgIpc) is 3.81. The number of aryl methyl sites for hydroxylation is 1. The lowest BCUT2D eigenvalue weighted by Gasteiger charge is -2.40. The summed E-state index contributed by atoms with van der Waals surface area (Å²) < 4.78 is 16.3. The van der Waals surface area contributed by atoms with Crippen molar-refractivity contribution in [2.45, 2.75) is 85.5 Å². The van der Waals surface area contributed by atoms with Crippen LogP contribution in [0.25, 0.3) is 31.1 Å². The van der Waals surface area contributed by atoms with E-state index >= 15 is 0 Å². The van der Waals surface area contributed by atoms with E-state index in [4.69, 9.17) is 9.15 Å². The summed E-state index contributed by atoms with van der Waals surface area (Å²) in [6, 6.07) is 52.1. The van der Waals surface area contributed by atoms with E-state index in [-0.39, 0.29) is 23.0 Å². The minimum Gasteiger partial charge on any atom is -0.466 e. The molecule has 2 aliphatic rings. The predicted molar refractivity (Wildman–Crippen MR) is 270 cm³/mol. The Morgan fingerprint density at radius 2 is 1.17 bits per heavy atom. The van der Waals surface area contributed by atoms with Crippen molar-refractivity contribution in [2.24, 2.45) is 0 Å². The number of thiophene rings is 1. The number of para-hydroxylation sites is 1. The quantitative estimate of drug-likeness (QED) is 0.165. The van der Waals surface area contributed by atoms with E-state index in [2.05, 4.69) is 212 Å². The van der Waals surface area contributed by atoms with E-state index < -0.39 is 0 Å². The Bertz CT molecular complexity index is 3220. The molecule has 2 aromatic heterocycles. The number of furan rings is 1. The third-order valence-electron chi connectivity index (χ3n) is 13.2. The normalized spacial score (nSPS) is 13.6. The summed E-state index contributed by atoms with van der Waals surface area (Å²) in [4.78, 5) is 4.98. The van der Waals surface area contributed by atoms with Crippen molar-refractivity contribution in [2.75, 3.05) is 9.80 Å². The van der Waals surface area contributed by atoms with E-state index in [1.165, 1.54) is 42.3 Å². The fourth-order valence-corrected chi connectivity index (χ4v) is 11.0. The van der Waals surface area contributed by atoms with E-state index in [1.54, 1.807) is 0 Å². The van der Waals surface area contributed by atoms with Crippen LogP contribution >= 0.6 is 11.3 Å². The summed E-state index contributed by atoms with van der Waals surface area (Å²) in [5, 5.41) is 3.51. The van der Waals surface area contributed by atoms with Gasteiger partial charge >= 0.3 is 6.71 Å². The zero-order valence-corrected chi connectivity index (χ0v) is 38.8. The average molecular weight is 841 g/mol. The zero-order valence-electron chi connectivity index (χ0n) is 38.0. The highest BCUT2D eigenvalue weighted by Gasteiger charge is 2.46. The topological polar surface area (TPSA) is 28.9 Å². The van der Waals surface area contributed by atoms with Crippen LogP contribution in [0.5, 0.6) is 11.5 Å². The van der Waals surface area contributed by atoms with Gasteiger partial charge in [-0.25, -0.2) is 0 Å². The molecule has 9 aromatic rings. The van der Waals surface area contributed by atoms with Gasteiger partial charge in [-0.05, 0) is 124 Å². The highest BCUT2D eigenvalue weighted by atomic mass is 32.1. The monoisotopic (exact) mass is 840 g/mol. The third-order valence-corrected chi connectivity index (χ3v) is 14.3. The Balaban J connectivity index is 1.21. The standard InChI is InChI=1S/C57H53BN2O2S/c1-34-29-46-52-48(30-34)61-53-41-15-11-13-17-47(41)62-54(53)58(52)43-31-37(57(8,9)10)23-28-44(43)60(46)40-32-45(51-42-16-12-14-18-49(42)63-50(51)33-40)59(38-24-19-35(20-25-38)55(2,3)4)39-26-21-36(22-27-39)56(5,6)7/h11-33H,1-10H3. The molecule has 2 aliphatic heterocycles. The number of nitrogens with zero attached hydrogens (tertiary/aromatic N) is 2. The molecule has 0 fully saturated rings. The fraction of sp³-hybridized carbons (Fsp3) is 0.228. The first kappa shape index (κ1) is 39.6. The molecule has 0 saturated heterocycles. The van der Waals surface area contributed by atoms with Gasteiger partial charge in [0.25, 0.3) is 0 Å². The lowest BCUT2D eigenvalue weighted by atomic mass is 9.36. The third kappa shape index (κ3) is 6.40. The number of benzene rings is 7. The van der Waals surface area contributed by atoms with Crippen molar-refractivity contribution in [3.63, 3.8) is 0 Å². The molecule has 0 radical (unpaired) electrons. The molecule has 4 heterocycles. The summed E-state index contributed by atoms with van der Waals surface area (Å²) in [5.41, 5.74) is 15.8. The van der Waals surface area contributed by atoms with Crippen LogP contribution in [-0.2, 0) is 16.2 Å². The Morgan fingerprint density at radius 3 is 1.83 bits per heavy atom. The molecule has 7 aromatic carbocycles. The molecule has 0 atom stereocenters. The van der Waals surface area contributed by atoms with Crippen molar-refractivity contribution in [3.05, 3.63) is 162 Å². The number of hydrogen-bond donors (Lipinski definition) is 0. The maximum absolute atomic E-state index is 6.98. The van der Waals surface area contributed by atoms with Crippen LogP contribution in [0.2, 0.25) is 0 Å². The van der Waals surface area contributed by atoms with Crippen LogP contribution in [0.15, 0.2) is 144 Å². The number of fused-ring (bicyclic) bond motifs is 9. The minimum absolute atomic E-state index is 0.0284. The Kier molecular flexibility index (Phi) is 8.73. The van der Waals surface area contributed by atoms with Gasteiger partial charge in [0, 0.05) is 54.1 Å². The Hall–Kier alpha value is -6.24. The van der Waals surface area contributed by atoms with Crippen LogP contribution in [0.1, 0.15) is 84.6 Å². The summed E-state index contributed by atoms with van der Waals surface area (Å²) in [7, 11) is 0. The van der Waals surface area contributed by atoms with E-state index in [0.29, 0.717) is 0 Å². The second kappa shape index (κ2) is 13.9. The minimum atomic E-state index is -0.146. The molecule has 0 spiro atoms. The smallest absolute Gasteiger partial charge is 0.301 e. The van der Waals surface area contributed by atoms with Gasteiger partial charge in [0.15, 0.2) is 5.75 Å². The van der Waals surface area contributed by atoms with Gasteiger partial charge in [0.05, 0.1) is 11.1 Å². The van der Waals surface area contributed by atoms with Crippen molar-refractivity contribution in [1.29, 1.82) is 0 Å². The van der Waals surface area contributed by atoms with Gasteiger partial charge in [0.1, 0.15) is 17.0 Å². The molecule has 63 heavy (non-hydrogen) atoms. The Morgan fingerprint density at radius 1 is 0.571 bits per heavy atom. The predicted octanol–water partition coefficient (Wildman–Crippen LogP) is 14.9. The van der Waals surface area contributed by atoms with Crippen molar-refractivity contribution >= 4 is 99.9 Å². The van der Waals surface area contributed by atoms with Gasteiger partial charge in [0.2, 0.25) is 0 Å². The largest absolute Gasteiger partial charge is 0.466 e. The number of rotatable bonds is 4. The van der Waals surface area contributed by atoms with Crippen LogP contribution in [0.4, 0.5) is 34.1 Å². The second-order valence-corrected chi connectivity index (χ2v) is 21.8. The molecule has 0 aliphatic carbocycles. The molecule has 11 rings (SSSR count). The number of hydrogen-bond acceptors (Lipinski definition) is 5. The lowest BCUT2D eigenvalue weighted by molar-refractivity contribution is 0.482. The number of anilines is 6. The van der Waals surface area contributed by atoms with Crippen LogP contribution in [0.3, 0.4) is 0 Å². The summed E-state index contributed by atoms with van der Waals surface area (Å²) >= 11 is 1.86. The van der Waals surface area contributed by atoms with Gasteiger partial charge in [-0.2, -0.15) is 0 Å². The van der Waals surface area contributed by atoms with Crippen molar-refractivity contribution in [1.82, 2.24) is 0 Å². The van der Waals surface area contributed by atoms with Gasteiger partial charge in [-0.1, -0.05) is 129 Å². The lowest BCUT2D eigenvalue weighted by Crippen LogP contribution is -2.59. The molecule has 0 amide bonds. The van der Waals surface area contributed by atoms with Gasteiger partial charge in [-0.3, -0.25) is 0 Å². The van der Waals surface area contributed by atoms with Crippen molar-refractivity contribution in [3.8, 4) is 11.5 Å². The highest BCUT2D eigenvalue weighted by Crippen LogP contribution is 2.51. The van der Waals surface area contributed by atoms with E-state index in [9.17, 15) is 0 Å². The van der Waals surface area contributed by atoms with Gasteiger partial charge in [-0.15, -0.1) is 11.3 Å². The van der Waals surface area contributed by atoms with E-state index in [0.717, 1.165) is 73.3 Å². The van der Waals surface area contributed by atoms with Crippen LogP contribution < -0.4 is 31.1 Å².